The summed E-state index contributed by atoms with van der Waals surface area (Å²) in [5, 5.41) is 5.10. The van der Waals surface area contributed by atoms with E-state index in [-0.39, 0.29) is 29.9 Å². The van der Waals surface area contributed by atoms with Crippen LogP contribution in [-0.2, 0) is 16.1 Å². The summed E-state index contributed by atoms with van der Waals surface area (Å²) >= 11 is 5.91. The maximum atomic E-state index is 12.6. The quantitative estimate of drug-likeness (QED) is 0.416. The van der Waals surface area contributed by atoms with Crippen molar-refractivity contribution < 1.29 is 18.5 Å². The Morgan fingerprint density at radius 2 is 1.97 bits per heavy atom. The zero-order valence-corrected chi connectivity index (χ0v) is 17.8. The van der Waals surface area contributed by atoms with Gasteiger partial charge in [0.2, 0.25) is 5.82 Å². The Kier molecular flexibility index (Phi) is 5.56. The van der Waals surface area contributed by atoms with Crippen molar-refractivity contribution in [2.45, 2.75) is 27.4 Å². The molecule has 0 fully saturated rings. The SMILES string of the molecule is Cc1ncc(COC(=O)C(C)C)c2cc(-c3nc(-c4ccc(Cl)cc4)no3)c(=O)oc12. The van der Waals surface area contributed by atoms with Crippen molar-refractivity contribution in [3.05, 3.63) is 63.2 Å². The van der Waals surface area contributed by atoms with Gasteiger partial charge < -0.3 is 13.7 Å². The monoisotopic (exact) mass is 439 g/mol. The molecule has 0 saturated carbocycles. The average molecular weight is 440 g/mol. The molecule has 0 N–H and O–H groups in total. The molecule has 3 aromatic heterocycles. The molecule has 4 aromatic rings. The van der Waals surface area contributed by atoms with Crippen LogP contribution in [0.15, 0.2) is 50.3 Å². The van der Waals surface area contributed by atoms with Gasteiger partial charge in [-0.2, -0.15) is 4.98 Å². The first-order valence-corrected chi connectivity index (χ1v) is 9.90. The lowest BCUT2D eigenvalue weighted by atomic mass is 10.1. The zero-order valence-electron chi connectivity index (χ0n) is 17.0. The van der Waals surface area contributed by atoms with Crippen LogP contribution in [-0.4, -0.2) is 21.1 Å². The van der Waals surface area contributed by atoms with E-state index in [1.807, 2.05) is 0 Å². The number of pyridine rings is 1. The first kappa shape index (κ1) is 20.7. The zero-order chi connectivity index (χ0) is 22.1. The molecule has 158 valence electrons. The fourth-order valence-corrected chi connectivity index (χ4v) is 3.04. The highest BCUT2D eigenvalue weighted by Crippen LogP contribution is 2.27. The van der Waals surface area contributed by atoms with E-state index in [2.05, 4.69) is 15.1 Å². The lowest BCUT2D eigenvalue weighted by molar-refractivity contribution is -0.148. The van der Waals surface area contributed by atoms with Crippen LogP contribution in [0.25, 0.3) is 33.8 Å². The van der Waals surface area contributed by atoms with Gasteiger partial charge in [-0.3, -0.25) is 9.78 Å². The number of esters is 1. The van der Waals surface area contributed by atoms with Crippen LogP contribution in [0.2, 0.25) is 5.02 Å². The molecule has 0 spiro atoms. The van der Waals surface area contributed by atoms with Crippen LogP contribution < -0.4 is 5.63 Å². The number of benzene rings is 1. The molecule has 0 aliphatic carbocycles. The molecule has 0 aliphatic rings. The number of carbonyl (C=O) groups is 1. The number of nitrogens with zero attached hydrogens (tertiary/aromatic N) is 3. The molecule has 31 heavy (non-hydrogen) atoms. The van der Waals surface area contributed by atoms with E-state index in [9.17, 15) is 9.59 Å². The van der Waals surface area contributed by atoms with E-state index in [1.165, 1.54) is 0 Å². The average Bonchev–Trinajstić information content (AvgIpc) is 3.23. The van der Waals surface area contributed by atoms with Gasteiger partial charge in [-0.25, -0.2) is 4.79 Å². The number of hydrogen-bond acceptors (Lipinski definition) is 8. The van der Waals surface area contributed by atoms with Gasteiger partial charge in [-0.05, 0) is 37.3 Å². The predicted molar refractivity (Wildman–Crippen MR) is 113 cm³/mol. The summed E-state index contributed by atoms with van der Waals surface area (Å²) in [6.45, 7) is 5.21. The summed E-state index contributed by atoms with van der Waals surface area (Å²) in [6.07, 6.45) is 1.59. The third-order valence-electron chi connectivity index (χ3n) is 4.64. The van der Waals surface area contributed by atoms with Gasteiger partial charge in [0.05, 0.1) is 11.6 Å². The molecule has 4 rings (SSSR count). The normalized spacial score (nSPS) is 11.3. The molecular weight excluding hydrogens is 422 g/mol. The fraction of sp³-hybridized carbons (Fsp3) is 0.227. The Morgan fingerprint density at radius 1 is 1.23 bits per heavy atom. The van der Waals surface area contributed by atoms with E-state index >= 15 is 0 Å². The maximum Gasteiger partial charge on any atom is 0.349 e. The molecular formula is C22H18ClN3O5. The topological polar surface area (TPSA) is 108 Å². The molecule has 0 radical (unpaired) electrons. The minimum Gasteiger partial charge on any atom is -0.461 e. The van der Waals surface area contributed by atoms with E-state index in [4.69, 9.17) is 25.3 Å². The highest BCUT2D eigenvalue weighted by atomic mass is 35.5. The second kappa shape index (κ2) is 8.31. The number of hydrogen-bond donors (Lipinski definition) is 0. The van der Waals surface area contributed by atoms with Crippen LogP contribution in [0.5, 0.6) is 0 Å². The maximum absolute atomic E-state index is 12.6. The van der Waals surface area contributed by atoms with Crippen molar-refractivity contribution in [1.82, 2.24) is 15.1 Å². The number of ether oxygens (including phenoxy) is 1. The first-order valence-electron chi connectivity index (χ1n) is 9.52. The Morgan fingerprint density at radius 3 is 2.68 bits per heavy atom. The Labute approximate surface area is 181 Å². The summed E-state index contributed by atoms with van der Waals surface area (Å²) in [5.74, 6) is -0.276. The van der Waals surface area contributed by atoms with Crippen LogP contribution in [0.1, 0.15) is 25.1 Å². The van der Waals surface area contributed by atoms with E-state index in [0.29, 0.717) is 38.6 Å². The van der Waals surface area contributed by atoms with E-state index < -0.39 is 5.63 Å². The van der Waals surface area contributed by atoms with Crippen LogP contribution in [0, 0.1) is 12.8 Å². The highest BCUT2D eigenvalue weighted by molar-refractivity contribution is 6.30. The van der Waals surface area contributed by atoms with E-state index in [0.717, 1.165) is 0 Å². The van der Waals surface area contributed by atoms with E-state index in [1.54, 1.807) is 57.3 Å². The summed E-state index contributed by atoms with van der Waals surface area (Å²) < 4.78 is 16.1. The van der Waals surface area contributed by atoms with Gasteiger partial charge >= 0.3 is 11.6 Å². The number of aromatic nitrogens is 3. The highest BCUT2D eigenvalue weighted by Gasteiger charge is 2.19. The van der Waals surface area contributed by atoms with Gasteiger partial charge in [-0.15, -0.1) is 0 Å². The van der Waals surface area contributed by atoms with Gasteiger partial charge in [0.15, 0.2) is 5.58 Å². The van der Waals surface area contributed by atoms with Gasteiger partial charge in [0.1, 0.15) is 12.2 Å². The molecule has 0 aliphatic heterocycles. The Hall–Kier alpha value is -3.52. The minimum atomic E-state index is -0.639. The van der Waals surface area contributed by atoms with Crippen LogP contribution in [0.4, 0.5) is 0 Å². The van der Waals surface area contributed by atoms with Crippen molar-refractivity contribution >= 4 is 28.5 Å². The van der Waals surface area contributed by atoms with Gasteiger partial charge in [0, 0.05) is 27.7 Å². The van der Waals surface area contributed by atoms with Crippen molar-refractivity contribution in [1.29, 1.82) is 0 Å². The van der Waals surface area contributed by atoms with Crippen LogP contribution >= 0.6 is 11.6 Å². The fourth-order valence-electron chi connectivity index (χ4n) is 2.91. The van der Waals surface area contributed by atoms with Gasteiger partial charge in [0.25, 0.3) is 5.89 Å². The smallest absolute Gasteiger partial charge is 0.349 e. The molecule has 9 heteroatoms. The standard InChI is InChI=1S/C22H18ClN3O5/c1-11(2)21(27)29-10-14-9-24-12(3)18-16(14)8-17(22(28)30-18)20-25-19(26-31-20)13-4-6-15(23)7-5-13/h4-9,11H,10H2,1-3H3. The number of halogens is 1. The van der Waals surface area contributed by atoms with Crippen molar-refractivity contribution in [2.24, 2.45) is 5.92 Å². The summed E-state index contributed by atoms with van der Waals surface area (Å²) in [6, 6.07) is 8.50. The number of rotatable bonds is 5. The molecule has 3 heterocycles. The Balaban J connectivity index is 1.76. The number of fused-ring (bicyclic) bond motifs is 1. The second-order valence-corrected chi connectivity index (χ2v) is 7.69. The number of carbonyl (C=O) groups excluding carboxylic acids is 1. The molecule has 0 unspecified atom stereocenters. The lowest BCUT2D eigenvalue weighted by Crippen LogP contribution is -2.12. The molecule has 0 amide bonds. The van der Waals surface area contributed by atoms with Gasteiger partial charge in [-0.1, -0.05) is 30.6 Å². The summed E-state index contributed by atoms with van der Waals surface area (Å²) in [7, 11) is 0. The summed E-state index contributed by atoms with van der Waals surface area (Å²) in [4.78, 5) is 33.0. The molecule has 0 bridgehead atoms. The molecule has 0 atom stereocenters. The van der Waals surface area contributed by atoms with Crippen molar-refractivity contribution in [3.63, 3.8) is 0 Å². The minimum absolute atomic E-state index is 0.00614. The third kappa shape index (κ3) is 4.20. The summed E-state index contributed by atoms with van der Waals surface area (Å²) in [5.41, 5.74) is 1.58. The second-order valence-electron chi connectivity index (χ2n) is 7.25. The first-order chi connectivity index (χ1) is 14.8. The molecule has 0 saturated heterocycles. The van der Waals surface area contributed by atoms with Crippen molar-refractivity contribution in [3.8, 4) is 22.8 Å². The van der Waals surface area contributed by atoms with Crippen LogP contribution in [0.3, 0.4) is 0 Å². The number of aryl methyl sites for hydroxylation is 1. The Bertz CT molecular complexity index is 1330. The third-order valence-corrected chi connectivity index (χ3v) is 4.89. The van der Waals surface area contributed by atoms with Crippen molar-refractivity contribution in [2.75, 3.05) is 0 Å². The molecule has 1 aromatic carbocycles. The predicted octanol–water partition coefficient (Wildman–Crippen LogP) is 4.57. The molecule has 8 nitrogen and oxygen atoms in total. The lowest BCUT2D eigenvalue weighted by Gasteiger charge is -2.10. The largest absolute Gasteiger partial charge is 0.461 e.